The molecule has 0 aliphatic heterocycles. The van der Waals surface area contributed by atoms with E-state index in [2.05, 4.69) is 10.7 Å². The van der Waals surface area contributed by atoms with E-state index in [1.165, 1.54) is 19.3 Å². The number of rotatable bonds is 9. The molecule has 0 aromatic heterocycles. The highest BCUT2D eigenvalue weighted by Gasteiger charge is 2.30. The van der Waals surface area contributed by atoms with Crippen LogP contribution < -0.4 is 0 Å². The molecule has 0 radical (unpaired) electrons. The molecule has 0 heterocycles. The largest absolute Gasteiger partial charge is 0.290 e. The smallest absolute Gasteiger partial charge is 0.244 e. The summed E-state index contributed by atoms with van der Waals surface area (Å²) in [4.78, 5) is 0.618. The predicted molar refractivity (Wildman–Crippen MR) is 128 cm³/mol. The normalized spacial score (nSPS) is 18.3. The van der Waals surface area contributed by atoms with Crippen molar-refractivity contribution in [3.8, 4) is 0 Å². The molecule has 2 unspecified atom stereocenters. The molecule has 3 rings (SSSR count). The van der Waals surface area contributed by atoms with Crippen LogP contribution in [0.5, 0.6) is 0 Å². The Morgan fingerprint density at radius 2 is 1.55 bits per heavy atom. The number of nitrogens with zero attached hydrogens (tertiary/aromatic N) is 1. The summed E-state index contributed by atoms with van der Waals surface area (Å²) in [6.45, 7) is 4.07. The zero-order valence-corrected chi connectivity index (χ0v) is 20.3. The van der Waals surface area contributed by atoms with Crippen molar-refractivity contribution in [1.29, 1.82) is 0 Å². The van der Waals surface area contributed by atoms with Crippen LogP contribution in [0.1, 0.15) is 63.9 Å². The van der Waals surface area contributed by atoms with Crippen LogP contribution in [-0.4, -0.2) is 18.4 Å². The van der Waals surface area contributed by atoms with E-state index in [-0.39, 0.29) is 10.8 Å². The Labute approximate surface area is 188 Å². The molecule has 0 saturated heterocycles. The lowest BCUT2D eigenvalue weighted by molar-refractivity contribution is 0.251. The molecule has 2 aromatic carbocycles. The number of unbranched alkanes of at least 4 members (excludes halogenated alkanes) is 1. The molecule has 0 spiro atoms. The Balaban J connectivity index is 2.05. The highest BCUT2D eigenvalue weighted by molar-refractivity contribution is 8.03. The van der Waals surface area contributed by atoms with Crippen LogP contribution in [0.15, 0.2) is 68.2 Å². The minimum atomic E-state index is -4.03. The van der Waals surface area contributed by atoms with Crippen LogP contribution in [0.2, 0.25) is 0 Å². The summed E-state index contributed by atoms with van der Waals surface area (Å²) in [5, 5.41) is 0. The van der Waals surface area contributed by atoms with Gasteiger partial charge in [-0.05, 0) is 49.4 Å². The molecular formula is C25H35NO3S2. The van der Waals surface area contributed by atoms with E-state index in [1.807, 2.05) is 25.1 Å². The lowest BCUT2D eigenvalue weighted by atomic mass is 9.79. The van der Waals surface area contributed by atoms with Gasteiger partial charge in [-0.2, -0.15) is 8.42 Å². The zero-order chi connectivity index (χ0) is 22.3. The van der Waals surface area contributed by atoms with Crippen LogP contribution in [0.4, 0.5) is 0 Å². The lowest BCUT2D eigenvalue weighted by Crippen LogP contribution is -2.26. The highest BCUT2D eigenvalue weighted by atomic mass is 32.3. The van der Waals surface area contributed by atoms with Gasteiger partial charge in [0.05, 0.1) is 14.6 Å². The van der Waals surface area contributed by atoms with E-state index in [0.717, 1.165) is 37.7 Å². The van der Waals surface area contributed by atoms with Crippen molar-refractivity contribution < 1.29 is 12.6 Å². The van der Waals surface area contributed by atoms with Gasteiger partial charge in [0.1, 0.15) is 0 Å². The van der Waals surface area contributed by atoms with Crippen molar-refractivity contribution in [2.75, 3.05) is 5.75 Å². The van der Waals surface area contributed by atoms with E-state index < -0.39 is 19.8 Å². The maximum absolute atomic E-state index is 14.3. The summed E-state index contributed by atoms with van der Waals surface area (Å²) >= 11 is 0. The fourth-order valence-corrected chi connectivity index (χ4v) is 9.01. The van der Waals surface area contributed by atoms with Crippen molar-refractivity contribution in [2.24, 2.45) is 15.6 Å². The molecule has 1 aliphatic rings. The number of sulfonamides is 1. The quantitative estimate of drug-likeness (QED) is 0.423. The van der Waals surface area contributed by atoms with Crippen LogP contribution in [0, 0.1) is 18.8 Å². The summed E-state index contributed by atoms with van der Waals surface area (Å²) < 4.78 is 44.8. The maximum atomic E-state index is 14.3. The van der Waals surface area contributed by atoms with Gasteiger partial charge in [0, 0.05) is 10.6 Å². The van der Waals surface area contributed by atoms with Gasteiger partial charge in [-0.25, -0.2) is 4.21 Å². The Kier molecular flexibility index (Phi) is 8.34. The molecule has 31 heavy (non-hydrogen) atoms. The third-order valence-corrected chi connectivity index (χ3v) is 10.8. The Morgan fingerprint density at radius 1 is 0.903 bits per heavy atom. The molecule has 1 saturated carbocycles. The fourth-order valence-electron chi connectivity index (χ4n) is 4.53. The SMILES string of the molecule is CCCCC(CS(=O)(=NS(=O)(=O)c1ccc(C)cc1)c1ccccc1)C1CCCCC1. The summed E-state index contributed by atoms with van der Waals surface area (Å²) in [5.74, 6) is 1.04. The molecule has 0 amide bonds. The van der Waals surface area contributed by atoms with Gasteiger partial charge in [-0.1, -0.05) is 87.8 Å². The minimum absolute atomic E-state index is 0.101. The second kappa shape index (κ2) is 10.8. The minimum Gasteiger partial charge on any atom is -0.244 e. The van der Waals surface area contributed by atoms with Crippen molar-refractivity contribution in [1.82, 2.24) is 0 Å². The van der Waals surface area contributed by atoms with E-state index in [9.17, 15) is 12.6 Å². The first-order valence-electron chi connectivity index (χ1n) is 11.5. The summed E-state index contributed by atoms with van der Waals surface area (Å²) in [6.07, 6.45) is 9.08. The highest BCUT2D eigenvalue weighted by Crippen LogP contribution is 2.35. The Morgan fingerprint density at radius 3 is 2.16 bits per heavy atom. The third-order valence-electron chi connectivity index (χ3n) is 6.33. The molecule has 1 aliphatic carbocycles. The number of hydrogen-bond acceptors (Lipinski definition) is 3. The summed E-state index contributed by atoms with van der Waals surface area (Å²) in [7, 11) is -7.16. The second-order valence-corrected chi connectivity index (χ2v) is 12.9. The van der Waals surface area contributed by atoms with E-state index in [0.29, 0.717) is 16.6 Å². The standard InChI is InChI=1S/C25H35NO3S2/c1-3-4-11-23(22-12-7-5-8-13-22)20-30(27,24-14-9-6-10-15-24)26-31(28,29)25-18-16-21(2)17-19-25/h6,9-10,14-19,22-23H,3-5,7-8,11-13,20H2,1-2H3. The molecule has 0 bridgehead atoms. The van der Waals surface area contributed by atoms with Crippen molar-refractivity contribution in [3.05, 3.63) is 60.2 Å². The zero-order valence-electron chi connectivity index (χ0n) is 18.7. The van der Waals surface area contributed by atoms with Gasteiger partial charge in [-0.3, -0.25) is 0 Å². The Bertz CT molecular complexity index is 1050. The monoisotopic (exact) mass is 461 g/mol. The van der Waals surface area contributed by atoms with Crippen molar-refractivity contribution in [3.63, 3.8) is 0 Å². The molecule has 1 fully saturated rings. The van der Waals surface area contributed by atoms with E-state index in [4.69, 9.17) is 0 Å². The summed E-state index contributed by atoms with van der Waals surface area (Å²) in [5.41, 5.74) is 0.972. The molecule has 2 aromatic rings. The first-order chi connectivity index (χ1) is 14.8. The second-order valence-electron chi connectivity index (χ2n) is 8.78. The van der Waals surface area contributed by atoms with Gasteiger partial charge in [-0.15, -0.1) is 3.77 Å². The van der Waals surface area contributed by atoms with Crippen LogP contribution in [0.25, 0.3) is 0 Å². The molecule has 0 N–H and O–H groups in total. The first kappa shape index (κ1) is 24.0. The van der Waals surface area contributed by atoms with Gasteiger partial charge in [0.2, 0.25) is 0 Å². The molecule has 6 heteroatoms. The number of benzene rings is 2. The third kappa shape index (κ3) is 6.42. The average Bonchev–Trinajstić information content (AvgIpc) is 2.78. The van der Waals surface area contributed by atoms with Crippen LogP contribution in [-0.2, 0) is 19.8 Å². The molecule has 4 nitrogen and oxygen atoms in total. The predicted octanol–water partition coefficient (Wildman–Crippen LogP) is 6.60. The van der Waals surface area contributed by atoms with Crippen LogP contribution in [0.3, 0.4) is 0 Å². The first-order valence-corrected chi connectivity index (χ1v) is 14.6. The number of hydrogen-bond donors (Lipinski definition) is 0. The van der Waals surface area contributed by atoms with E-state index >= 15 is 0 Å². The summed E-state index contributed by atoms with van der Waals surface area (Å²) in [6, 6.07) is 15.6. The van der Waals surface area contributed by atoms with Gasteiger partial charge in [0.25, 0.3) is 10.0 Å². The van der Waals surface area contributed by atoms with Gasteiger partial charge in [0.15, 0.2) is 0 Å². The van der Waals surface area contributed by atoms with Crippen molar-refractivity contribution in [2.45, 2.75) is 75.0 Å². The van der Waals surface area contributed by atoms with Gasteiger partial charge < -0.3 is 0 Å². The topological polar surface area (TPSA) is 63.6 Å². The Hall–Kier alpha value is -1.66. The molecule has 2 atom stereocenters. The van der Waals surface area contributed by atoms with Gasteiger partial charge >= 0.3 is 0 Å². The molecule has 170 valence electrons. The molecular weight excluding hydrogens is 426 g/mol. The number of aryl methyl sites for hydroxylation is 1. The van der Waals surface area contributed by atoms with Crippen molar-refractivity contribution >= 4 is 19.8 Å². The lowest BCUT2D eigenvalue weighted by Gasteiger charge is -2.31. The fraction of sp³-hybridized carbons (Fsp3) is 0.520. The average molecular weight is 462 g/mol. The maximum Gasteiger partial charge on any atom is 0.290 e. The van der Waals surface area contributed by atoms with E-state index in [1.54, 1.807) is 36.4 Å². The van der Waals surface area contributed by atoms with Crippen LogP contribution >= 0.6 is 0 Å².